The lowest BCUT2D eigenvalue weighted by molar-refractivity contribution is 0.0699. The van der Waals surface area contributed by atoms with Crippen LogP contribution < -0.4 is 5.32 Å². The van der Waals surface area contributed by atoms with Gasteiger partial charge in [-0.2, -0.15) is 0 Å². The summed E-state index contributed by atoms with van der Waals surface area (Å²) >= 11 is 0. The number of pyridine rings is 1. The van der Waals surface area contributed by atoms with E-state index in [1.165, 1.54) is 12.8 Å². The van der Waals surface area contributed by atoms with Crippen LogP contribution in [0.25, 0.3) is 0 Å². The summed E-state index contributed by atoms with van der Waals surface area (Å²) in [4.78, 5) is 23.0. The van der Waals surface area contributed by atoms with Crippen LogP contribution in [0.2, 0.25) is 0 Å². The van der Waals surface area contributed by atoms with E-state index < -0.39 is 0 Å². The summed E-state index contributed by atoms with van der Waals surface area (Å²) in [5, 5.41) is 3.83. The van der Waals surface area contributed by atoms with E-state index in [2.05, 4.69) is 26.9 Å². The highest BCUT2D eigenvalue weighted by molar-refractivity contribution is 5.94. The maximum atomic E-state index is 12.5. The molecule has 1 unspecified atom stereocenters. The Morgan fingerprint density at radius 1 is 1.16 bits per heavy atom. The van der Waals surface area contributed by atoms with E-state index in [-0.39, 0.29) is 5.91 Å². The van der Waals surface area contributed by atoms with Crippen molar-refractivity contribution < 1.29 is 4.79 Å². The fourth-order valence-corrected chi connectivity index (χ4v) is 3.71. The summed E-state index contributed by atoms with van der Waals surface area (Å²) in [6, 6.07) is 4.37. The number of aryl methyl sites for hydroxylation is 1. The van der Waals surface area contributed by atoms with Crippen LogP contribution in [0.1, 0.15) is 47.9 Å². The van der Waals surface area contributed by atoms with Gasteiger partial charge in [-0.1, -0.05) is 0 Å². The predicted molar refractivity (Wildman–Crippen MR) is 95.0 cm³/mol. The number of imidazole rings is 1. The minimum absolute atomic E-state index is 0.115. The van der Waals surface area contributed by atoms with Gasteiger partial charge in [-0.3, -0.25) is 9.78 Å². The van der Waals surface area contributed by atoms with Crippen molar-refractivity contribution in [3.05, 3.63) is 48.3 Å². The zero-order valence-corrected chi connectivity index (χ0v) is 14.6. The molecule has 1 N–H and O–H groups in total. The summed E-state index contributed by atoms with van der Waals surface area (Å²) in [5.74, 6) is 1.96. The van der Waals surface area contributed by atoms with Crippen molar-refractivity contribution in [1.29, 1.82) is 0 Å². The van der Waals surface area contributed by atoms with Crippen molar-refractivity contribution >= 4 is 5.91 Å². The first-order valence-electron chi connectivity index (χ1n) is 9.15. The van der Waals surface area contributed by atoms with Crippen LogP contribution in [0.4, 0.5) is 0 Å². The van der Waals surface area contributed by atoms with Gasteiger partial charge in [0, 0.05) is 56.5 Å². The highest BCUT2D eigenvalue weighted by Crippen LogP contribution is 2.41. The van der Waals surface area contributed by atoms with Gasteiger partial charge in [0.25, 0.3) is 5.91 Å². The number of hydrogen-bond acceptors (Lipinski definition) is 4. The molecular formula is C19H25N5O. The van der Waals surface area contributed by atoms with E-state index in [4.69, 9.17) is 0 Å². The normalized spacial score (nSPS) is 19.8. The molecule has 2 aromatic rings. The van der Waals surface area contributed by atoms with Crippen molar-refractivity contribution in [2.24, 2.45) is 13.0 Å². The molecule has 6 nitrogen and oxygen atoms in total. The lowest BCUT2D eigenvalue weighted by Gasteiger charge is -2.34. The second-order valence-corrected chi connectivity index (χ2v) is 7.18. The number of carbonyl (C=O) groups excluding carboxylic acids is 1. The minimum Gasteiger partial charge on any atom is -0.339 e. The van der Waals surface area contributed by atoms with Crippen LogP contribution in [0, 0.1) is 5.92 Å². The van der Waals surface area contributed by atoms with Gasteiger partial charge in [0.2, 0.25) is 0 Å². The molecule has 0 aromatic carbocycles. The zero-order chi connectivity index (χ0) is 17.2. The average molecular weight is 339 g/mol. The third-order valence-electron chi connectivity index (χ3n) is 5.35. The van der Waals surface area contributed by atoms with Gasteiger partial charge in [-0.15, -0.1) is 0 Å². The molecule has 2 fully saturated rings. The molecule has 6 heteroatoms. The van der Waals surface area contributed by atoms with Crippen LogP contribution >= 0.6 is 0 Å². The van der Waals surface area contributed by atoms with Gasteiger partial charge in [-0.25, -0.2) is 4.98 Å². The van der Waals surface area contributed by atoms with Gasteiger partial charge in [-0.05, 0) is 43.7 Å². The summed E-state index contributed by atoms with van der Waals surface area (Å²) in [7, 11) is 2.06. The van der Waals surface area contributed by atoms with Crippen LogP contribution in [0.3, 0.4) is 0 Å². The zero-order valence-electron chi connectivity index (χ0n) is 14.6. The maximum Gasteiger partial charge on any atom is 0.253 e. The molecule has 1 saturated carbocycles. The molecule has 3 heterocycles. The largest absolute Gasteiger partial charge is 0.339 e. The first-order valence-corrected chi connectivity index (χ1v) is 9.15. The molecule has 0 bridgehead atoms. The third-order valence-corrected chi connectivity index (χ3v) is 5.35. The Morgan fingerprint density at radius 2 is 1.88 bits per heavy atom. The molecule has 25 heavy (non-hydrogen) atoms. The van der Waals surface area contributed by atoms with Gasteiger partial charge < -0.3 is 14.8 Å². The number of amides is 1. The van der Waals surface area contributed by atoms with E-state index in [0.717, 1.165) is 37.3 Å². The lowest BCUT2D eigenvalue weighted by Crippen LogP contribution is -2.46. The van der Waals surface area contributed by atoms with Crippen molar-refractivity contribution in [3.63, 3.8) is 0 Å². The number of nitrogens with one attached hydrogen (secondary N) is 1. The van der Waals surface area contributed by atoms with E-state index in [1.807, 2.05) is 17.3 Å². The Bertz CT molecular complexity index is 716. The number of carbonyl (C=O) groups is 1. The smallest absolute Gasteiger partial charge is 0.253 e. The number of aromatic nitrogens is 3. The van der Waals surface area contributed by atoms with Crippen molar-refractivity contribution in [1.82, 2.24) is 24.8 Å². The van der Waals surface area contributed by atoms with Crippen LogP contribution in [0.15, 0.2) is 36.9 Å². The van der Waals surface area contributed by atoms with E-state index in [0.29, 0.717) is 18.0 Å². The fourth-order valence-electron chi connectivity index (χ4n) is 3.71. The number of hydrogen-bond donors (Lipinski definition) is 1. The van der Waals surface area contributed by atoms with E-state index >= 15 is 0 Å². The first-order chi connectivity index (χ1) is 12.2. The molecule has 2 aromatic heterocycles. The van der Waals surface area contributed by atoms with Crippen LogP contribution in [-0.2, 0) is 7.05 Å². The second-order valence-electron chi connectivity index (χ2n) is 7.18. The van der Waals surface area contributed by atoms with E-state index in [9.17, 15) is 4.79 Å². The molecule has 4 rings (SSSR count). The van der Waals surface area contributed by atoms with Crippen molar-refractivity contribution in [2.45, 2.75) is 37.8 Å². The molecule has 0 spiro atoms. The standard InChI is InChI=1S/C19H25N5O/c1-23-13-10-21-18(23)17(14-2-3-14)22-16-6-11-24(12-7-16)19(25)15-4-8-20-9-5-15/h4-5,8-10,13-14,16-17,22H,2-3,6-7,11-12H2,1H3. The molecule has 0 radical (unpaired) electrons. The molecule has 1 atom stereocenters. The highest BCUT2D eigenvalue weighted by Gasteiger charge is 2.36. The lowest BCUT2D eigenvalue weighted by atomic mass is 10.0. The van der Waals surface area contributed by atoms with Crippen molar-refractivity contribution in [3.8, 4) is 0 Å². The van der Waals surface area contributed by atoms with Crippen LogP contribution in [0.5, 0.6) is 0 Å². The van der Waals surface area contributed by atoms with E-state index in [1.54, 1.807) is 24.5 Å². The van der Waals surface area contributed by atoms with Crippen molar-refractivity contribution in [2.75, 3.05) is 13.1 Å². The first kappa shape index (κ1) is 16.3. The molecule has 1 amide bonds. The molecular weight excluding hydrogens is 314 g/mol. The summed E-state index contributed by atoms with van der Waals surface area (Å²) in [6.45, 7) is 1.60. The minimum atomic E-state index is 0.115. The monoisotopic (exact) mass is 339 g/mol. The molecule has 1 aliphatic carbocycles. The number of nitrogens with zero attached hydrogens (tertiary/aromatic N) is 4. The summed E-state index contributed by atoms with van der Waals surface area (Å²) < 4.78 is 2.12. The summed E-state index contributed by atoms with van der Waals surface area (Å²) in [6.07, 6.45) is 11.8. The summed E-state index contributed by atoms with van der Waals surface area (Å²) in [5.41, 5.74) is 0.727. The Morgan fingerprint density at radius 3 is 2.48 bits per heavy atom. The van der Waals surface area contributed by atoms with Gasteiger partial charge in [0.15, 0.2) is 0 Å². The topological polar surface area (TPSA) is 63.1 Å². The Labute approximate surface area is 148 Å². The molecule has 1 aliphatic heterocycles. The fraction of sp³-hybridized carbons (Fsp3) is 0.526. The quantitative estimate of drug-likeness (QED) is 0.907. The Balaban J connectivity index is 1.35. The number of likely N-dealkylation sites (tertiary alicyclic amines) is 1. The van der Waals surface area contributed by atoms with Gasteiger partial charge in [0.1, 0.15) is 5.82 Å². The van der Waals surface area contributed by atoms with Crippen LogP contribution in [-0.4, -0.2) is 44.5 Å². The Kier molecular flexibility index (Phi) is 4.53. The molecule has 1 saturated heterocycles. The average Bonchev–Trinajstić information content (AvgIpc) is 3.41. The van der Waals surface area contributed by atoms with Gasteiger partial charge in [0.05, 0.1) is 6.04 Å². The third kappa shape index (κ3) is 3.58. The maximum absolute atomic E-state index is 12.5. The van der Waals surface area contributed by atoms with Gasteiger partial charge >= 0.3 is 0 Å². The second kappa shape index (κ2) is 6.96. The Hall–Kier alpha value is -2.21. The number of piperidine rings is 1. The highest BCUT2D eigenvalue weighted by atomic mass is 16.2. The SMILES string of the molecule is Cn1ccnc1C(NC1CCN(C(=O)c2ccncc2)CC1)C1CC1. The molecule has 132 valence electrons. The predicted octanol–water partition coefficient (Wildman–Crippen LogP) is 2.16. The number of rotatable bonds is 5. The molecule has 2 aliphatic rings.